The Morgan fingerprint density at radius 1 is 1.38 bits per heavy atom. The number of aliphatic hydroxyl groups is 1. The standard InChI is InChI=1S/C12H18O4/c1-3-4-5-6-7-9-11(14)10(8(2)13)12(15)16-9/h9,14H,3-7H2,1-2H3/t9-/m0/s1. The van der Waals surface area contributed by atoms with Crippen molar-refractivity contribution in [2.24, 2.45) is 0 Å². The molecule has 1 aliphatic heterocycles. The molecule has 0 radical (unpaired) electrons. The first-order chi connectivity index (χ1) is 7.57. The third-order valence-corrected chi connectivity index (χ3v) is 2.69. The maximum Gasteiger partial charge on any atom is 0.346 e. The van der Waals surface area contributed by atoms with Crippen LogP contribution in [0.25, 0.3) is 0 Å². The lowest BCUT2D eigenvalue weighted by atomic mass is 10.1. The highest BCUT2D eigenvalue weighted by molar-refractivity contribution is 6.18. The van der Waals surface area contributed by atoms with E-state index in [9.17, 15) is 14.7 Å². The Morgan fingerprint density at radius 2 is 2.06 bits per heavy atom. The summed E-state index contributed by atoms with van der Waals surface area (Å²) in [5.41, 5.74) is -0.180. The number of carbonyl (C=O) groups is 2. The van der Waals surface area contributed by atoms with E-state index in [0.717, 1.165) is 25.7 Å². The quantitative estimate of drug-likeness (QED) is 0.428. The van der Waals surface area contributed by atoms with Crippen molar-refractivity contribution >= 4 is 11.8 Å². The first-order valence-corrected chi connectivity index (χ1v) is 5.73. The van der Waals surface area contributed by atoms with Crippen molar-refractivity contribution in [2.75, 3.05) is 0 Å². The zero-order valence-corrected chi connectivity index (χ0v) is 9.78. The molecule has 4 nitrogen and oxygen atoms in total. The summed E-state index contributed by atoms with van der Waals surface area (Å²) in [6.07, 6.45) is 4.18. The molecule has 0 aromatic heterocycles. The monoisotopic (exact) mass is 226 g/mol. The van der Waals surface area contributed by atoms with Crippen LogP contribution in [0.4, 0.5) is 0 Å². The smallest absolute Gasteiger partial charge is 0.346 e. The largest absolute Gasteiger partial charge is 0.507 e. The van der Waals surface area contributed by atoms with Crippen molar-refractivity contribution in [1.29, 1.82) is 0 Å². The number of carbonyl (C=O) groups excluding carboxylic acids is 2. The zero-order valence-electron chi connectivity index (χ0n) is 9.78. The molecule has 0 aliphatic carbocycles. The Kier molecular flexibility index (Phi) is 4.52. The predicted molar refractivity (Wildman–Crippen MR) is 59.0 cm³/mol. The number of hydrogen-bond acceptors (Lipinski definition) is 4. The van der Waals surface area contributed by atoms with Gasteiger partial charge in [0.2, 0.25) is 0 Å². The summed E-state index contributed by atoms with van der Waals surface area (Å²) in [4.78, 5) is 22.3. The number of ether oxygens (including phenoxy) is 1. The van der Waals surface area contributed by atoms with Crippen molar-refractivity contribution in [3.8, 4) is 0 Å². The Balaban J connectivity index is 2.52. The molecule has 1 rings (SSSR count). The van der Waals surface area contributed by atoms with E-state index in [-0.39, 0.29) is 11.3 Å². The Morgan fingerprint density at radius 3 is 2.56 bits per heavy atom. The molecule has 0 bridgehead atoms. The molecule has 0 unspecified atom stereocenters. The molecule has 0 aromatic carbocycles. The second-order valence-corrected chi connectivity index (χ2v) is 4.06. The van der Waals surface area contributed by atoms with Crippen molar-refractivity contribution in [3.63, 3.8) is 0 Å². The maximum atomic E-state index is 11.3. The normalized spacial score (nSPS) is 20.1. The van der Waals surface area contributed by atoms with Crippen LogP contribution in [0.1, 0.15) is 46.0 Å². The SMILES string of the molecule is CCCCCC[C@@H]1OC(=O)C(C(C)=O)=C1O. The van der Waals surface area contributed by atoms with Crippen LogP contribution < -0.4 is 0 Å². The van der Waals surface area contributed by atoms with E-state index in [0.29, 0.717) is 6.42 Å². The molecule has 0 amide bonds. The van der Waals surface area contributed by atoms with Crippen LogP contribution in [0.5, 0.6) is 0 Å². The van der Waals surface area contributed by atoms with Gasteiger partial charge in [-0.05, 0) is 19.8 Å². The molecule has 1 atom stereocenters. The van der Waals surface area contributed by atoms with Gasteiger partial charge >= 0.3 is 5.97 Å². The van der Waals surface area contributed by atoms with Crippen LogP contribution in [-0.2, 0) is 14.3 Å². The van der Waals surface area contributed by atoms with Gasteiger partial charge in [0.05, 0.1) is 0 Å². The summed E-state index contributed by atoms with van der Waals surface area (Å²) < 4.78 is 4.94. The third-order valence-electron chi connectivity index (χ3n) is 2.69. The summed E-state index contributed by atoms with van der Waals surface area (Å²) in [7, 11) is 0. The summed E-state index contributed by atoms with van der Waals surface area (Å²) in [6, 6.07) is 0. The minimum absolute atomic E-state index is 0.180. The van der Waals surface area contributed by atoms with Crippen LogP contribution in [-0.4, -0.2) is 23.0 Å². The van der Waals surface area contributed by atoms with Gasteiger partial charge in [-0.3, -0.25) is 4.79 Å². The van der Waals surface area contributed by atoms with Crippen LogP contribution in [0.3, 0.4) is 0 Å². The van der Waals surface area contributed by atoms with Crippen LogP contribution >= 0.6 is 0 Å². The highest BCUT2D eigenvalue weighted by atomic mass is 16.6. The molecule has 0 spiro atoms. The molecule has 4 heteroatoms. The molecule has 1 aliphatic rings. The van der Waals surface area contributed by atoms with E-state index in [1.165, 1.54) is 6.92 Å². The van der Waals surface area contributed by atoms with Gasteiger partial charge in [0.25, 0.3) is 0 Å². The number of hydrogen-bond donors (Lipinski definition) is 1. The molecule has 90 valence electrons. The van der Waals surface area contributed by atoms with Gasteiger partial charge in [-0.1, -0.05) is 26.2 Å². The van der Waals surface area contributed by atoms with Crippen LogP contribution in [0.15, 0.2) is 11.3 Å². The summed E-state index contributed by atoms with van der Waals surface area (Å²) >= 11 is 0. The number of ketones is 1. The number of Topliss-reactive ketones (excluding diaryl/α,β-unsaturated/α-hetero) is 1. The molecule has 16 heavy (non-hydrogen) atoms. The summed E-state index contributed by atoms with van der Waals surface area (Å²) in [5, 5.41) is 9.66. The number of aliphatic hydroxyl groups excluding tert-OH is 1. The van der Waals surface area contributed by atoms with Gasteiger partial charge in [-0.25, -0.2) is 4.79 Å². The topological polar surface area (TPSA) is 63.6 Å². The average molecular weight is 226 g/mol. The number of cyclic esters (lactones) is 1. The van der Waals surface area contributed by atoms with Gasteiger partial charge < -0.3 is 9.84 Å². The van der Waals surface area contributed by atoms with Crippen LogP contribution in [0, 0.1) is 0 Å². The lowest BCUT2D eigenvalue weighted by Gasteiger charge is -2.09. The lowest BCUT2D eigenvalue weighted by Crippen LogP contribution is -2.11. The van der Waals surface area contributed by atoms with Crippen molar-refractivity contribution in [3.05, 3.63) is 11.3 Å². The Labute approximate surface area is 95.3 Å². The first kappa shape index (κ1) is 12.7. The van der Waals surface area contributed by atoms with Gasteiger partial charge in [0.15, 0.2) is 17.6 Å². The molecular formula is C12H18O4. The number of unbranched alkanes of at least 4 members (excludes halogenated alkanes) is 3. The minimum Gasteiger partial charge on any atom is -0.507 e. The van der Waals surface area contributed by atoms with Crippen molar-refractivity contribution in [1.82, 2.24) is 0 Å². The summed E-state index contributed by atoms with van der Waals surface area (Å²) in [5.74, 6) is -1.31. The van der Waals surface area contributed by atoms with Crippen molar-refractivity contribution < 1.29 is 19.4 Å². The van der Waals surface area contributed by atoms with E-state index in [4.69, 9.17) is 4.74 Å². The maximum absolute atomic E-state index is 11.3. The third kappa shape index (κ3) is 2.84. The van der Waals surface area contributed by atoms with Gasteiger partial charge in [-0.2, -0.15) is 0 Å². The van der Waals surface area contributed by atoms with E-state index in [1.807, 2.05) is 0 Å². The number of esters is 1. The Bertz CT molecular complexity index is 317. The molecule has 1 N–H and O–H groups in total. The van der Waals surface area contributed by atoms with Crippen LogP contribution in [0.2, 0.25) is 0 Å². The lowest BCUT2D eigenvalue weighted by molar-refractivity contribution is -0.141. The highest BCUT2D eigenvalue weighted by Crippen LogP contribution is 2.25. The van der Waals surface area contributed by atoms with Gasteiger partial charge in [-0.15, -0.1) is 0 Å². The second kappa shape index (κ2) is 5.68. The van der Waals surface area contributed by atoms with Gasteiger partial charge in [0.1, 0.15) is 5.57 Å². The first-order valence-electron chi connectivity index (χ1n) is 5.73. The average Bonchev–Trinajstić information content (AvgIpc) is 2.49. The fourth-order valence-electron chi connectivity index (χ4n) is 1.79. The molecule has 0 aromatic rings. The second-order valence-electron chi connectivity index (χ2n) is 4.06. The minimum atomic E-state index is -0.689. The van der Waals surface area contributed by atoms with Gasteiger partial charge in [0, 0.05) is 0 Å². The molecule has 0 saturated carbocycles. The van der Waals surface area contributed by atoms with Crippen molar-refractivity contribution in [2.45, 2.75) is 52.1 Å². The van der Waals surface area contributed by atoms with E-state index >= 15 is 0 Å². The number of rotatable bonds is 6. The van der Waals surface area contributed by atoms with E-state index in [2.05, 4.69) is 6.92 Å². The van der Waals surface area contributed by atoms with E-state index in [1.54, 1.807) is 0 Å². The molecule has 0 saturated heterocycles. The molecule has 0 fully saturated rings. The molecule has 1 heterocycles. The fraction of sp³-hybridized carbons (Fsp3) is 0.667. The fourth-order valence-corrected chi connectivity index (χ4v) is 1.79. The predicted octanol–water partition coefficient (Wildman–Crippen LogP) is 2.28. The Hall–Kier alpha value is -1.32. The summed E-state index contributed by atoms with van der Waals surface area (Å²) in [6.45, 7) is 3.37. The molecular weight excluding hydrogens is 208 g/mol. The zero-order chi connectivity index (χ0) is 12.1. The highest BCUT2D eigenvalue weighted by Gasteiger charge is 2.36. The van der Waals surface area contributed by atoms with E-state index < -0.39 is 17.9 Å².